The van der Waals surface area contributed by atoms with Gasteiger partial charge < -0.3 is 10.2 Å². The minimum atomic E-state index is -0.165. The predicted octanol–water partition coefficient (Wildman–Crippen LogP) is 4.15. The van der Waals surface area contributed by atoms with Crippen molar-refractivity contribution in [2.24, 2.45) is 5.92 Å². The summed E-state index contributed by atoms with van der Waals surface area (Å²) in [5.74, 6) is 1.23. The molecule has 4 nitrogen and oxygen atoms in total. The summed E-state index contributed by atoms with van der Waals surface area (Å²) in [4.78, 5) is 27.2. The smallest absolute Gasteiger partial charge is 0.237 e. The molecule has 4 rings (SSSR count). The monoisotopic (exact) mass is 408 g/mol. The molecule has 0 aliphatic carbocycles. The van der Waals surface area contributed by atoms with Gasteiger partial charge in [0, 0.05) is 18.8 Å². The fourth-order valence-electron chi connectivity index (χ4n) is 4.25. The summed E-state index contributed by atoms with van der Waals surface area (Å²) >= 11 is 1.49. The Labute approximate surface area is 177 Å². The second kappa shape index (κ2) is 9.49. The number of aryl methyl sites for hydroxylation is 1. The van der Waals surface area contributed by atoms with Crippen molar-refractivity contribution in [3.8, 4) is 0 Å². The molecule has 0 saturated carbocycles. The molecule has 29 heavy (non-hydrogen) atoms. The number of nitrogens with zero attached hydrogens (tertiary/aromatic N) is 1. The van der Waals surface area contributed by atoms with E-state index in [1.807, 2.05) is 23.1 Å². The van der Waals surface area contributed by atoms with Crippen LogP contribution in [0.25, 0.3) is 0 Å². The van der Waals surface area contributed by atoms with Crippen LogP contribution in [-0.2, 0) is 22.4 Å². The van der Waals surface area contributed by atoms with E-state index in [0.29, 0.717) is 11.7 Å². The van der Waals surface area contributed by atoms with Crippen molar-refractivity contribution in [2.45, 2.75) is 37.4 Å². The van der Waals surface area contributed by atoms with Gasteiger partial charge in [-0.15, -0.1) is 11.8 Å². The van der Waals surface area contributed by atoms with Crippen LogP contribution >= 0.6 is 11.8 Å². The molecule has 0 radical (unpaired) electrons. The van der Waals surface area contributed by atoms with E-state index >= 15 is 0 Å². The minimum absolute atomic E-state index is 0.0225. The van der Waals surface area contributed by atoms with Gasteiger partial charge in [-0.25, -0.2) is 0 Å². The lowest BCUT2D eigenvalue weighted by atomic mass is 9.90. The van der Waals surface area contributed by atoms with Gasteiger partial charge in [-0.05, 0) is 55.2 Å². The molecule has 2 heterocycles. The first kappa shape index (κ1) is 20.0. The van der Waals surface area contributed by atoms with Crippen LogP contribution in [-0.4, -0.2) is 40.8 Å². The predicted molar refractivity (Wildman–Crippen MR) is 119 cm³/mol. The highest BCUT2D eigenvalue weighted by Gasteiger charge is 2.27. The van der Waals surface area contributed by atoms with Crippen molar-refractivity contribution >= 4 is 29.3 Å². The topological polar surface area (TPSA) is 49.4 Å². The summed E-state index contributed by atoms with van der Waals surface area (Å²) in [5, 5.41) is 2.86. The van der Waals surface area contributed by atoms with Crippen LogP contribution in [0.2, 0.25) is 0 Å². The Morgan fingerprint density at radius 2 is 1.72 bits per heavy atom. The number of carbonyl (C=O) groups is 2. The van der Waals surface area contributed by atoms with E-state index in [1.165, 1.54) is 22.9 Å². The third kappa shape index (κ3) is 5.21. The number of thioether (sulfide) groups is 1. The van der Waals surface area contributed by atoms with Crippen LogP contribution in [0.4, 0.5) is 5.69 Å². The molecule has 0 unspecified atom stereocenters. The summed E-state index contributed by atoms with van der Waals surface area (Å²) < 4.78 is 0. The molecule has 0 aromatic heterocycles. The van der Waals surface area contributed by atoms with Gasteiger partial charge in [0.2, 0.25) is 11.8 Å². The molecule has 2 aliphatic rings. The Morgan fingerprint density at radius 1 is 1.00 bits per heavy atom. The normalized spacial score (nSPS) is 19.9. The maximum absolute atomic E-state index is 12.7. The highest BCUT2D eigenvalue weighted by atomic mass is 32.2. The quantitative estimate of drug-likeness (QED) is 0.808. The fourth-order valence-corrected chi connectivity index (χ4v) is 5.27. The Morgan fingerprint density at radius 3 is 2.52 bits per heavy atom. The van der Waals surface area contributed by atoms with Crippen LogP contribution in [0.5, 0.6) is 0 Å². The number of amides is 2. The zero-order valence-electron chi connectivity index (χ0n) is 16.7. The number of anilines is 1. The molecule has 1 saturated heterocycles. The van der Waals surface area contributed by atoms with Crippen molar-refractivity contribution in [2.75, 3.05) is 24.2 Å². The van der Waals surface area contributed by atoms with E-state index in [-0.39, 0.29) is 17.1 Å². The molecule has 2 aliphatic heterocycles. The molecular formula is C24H28N2O2S. The third-order valence-electron chi connectivity index (χ3n) is 5.99. The van der Waals surface area contributed by atoms with Crippen LogP contribution in [0.15, 0.2) is 54.6 Å². The molecule has 1 fully saturated rings. The fraction of sp³-hybridized carbons (Fsp3) is 0.417. The average molecular weight is 409 g/mol. The first-order chi connectivity index (χ1) is 14.2. The second-order valence-corrected chi connectivity index (χ2v) is 9.19. The minimum Gasteiger partial charge on any atom is -0.342 e. The number of rotatable bonds is 5. The highest BCUT2D eigenvalue weighted by molar-refractivity contribution is 8.01. The van der Waals surface area contributed by atoms with Gasteiger partial charge in [0.25, 0.3) is 0 Å². The lowest BCUT2D eigenvalue weighted by Crippen LogP contribution is -2.40. The highest BCUT2D eigenvalue weighted by Crippen LogP contribution is 2.28. The molecule has 0 bridgehead atoms. The first-order valence-electron chi connectivity index (χ1n) is 10.5. The third-order valence-corrected chi connectivity index (χ3v) is 7.25. The number of para-hydroxylation sites is 1. The SMILES string of the molecule is O=C1Nc2ccccc2CC[C@@H]1SCC(=O)N1CCC(Cc2ccccc2)CC1. The standard InChI is InChI=1S/C24H28N2O2S/c27-23(26-14-12-19(13-15-26)16-18-6-2-1-3-7-18)17-29-22-11-10-20-8-4-5-9-21(20)25-24(22)28/h1-9,19,22H,10-17H2,(H,25,28)/t22-/m0/s1. The van der Waals surface area contributed by atoms with Crippen molar-refractivity contribution in [3.63, 3.8) is 0 Å². The summed E-state index contributed by atoms with van der Waals surface area (Å²) in [6.45, 7) is 1.67. The maximum atomic E-state index is 12.7. The van der Waals surface area contributed by atoms with E-state index in [9.17, 15) is 9.59 Å². The molecule has 0 spiro atoms. The van der Waals surface area contributed by atoms with Gasteiger partial charge in [0.15, 0.2) is 0 Å². The number of nitrogens with one attached hydrogen (secondary N) is 1. The largest absolute Gasteiger partial charge is 0.342 e. The van der Waals surface area contributed by atoms with E-state index in [1.54, 1.807) is 0 Å². The Bertz CT molecular complexity index is 847. The zero-order valence-corrected chi connectivity index (χ0v) is 17.5. The number of carbonyl (C=O) groups excluding carboxylic acids is 2. The van der Waals surface area contributed by atoms with Crippen molar-refractivity contribution < 1.29 is 9.59 Å². The van der Waals surface area contributed by atoms with E-state index in [2.05, 4.69) is 41.7 Å². The van der Waals surface area contributed by atoms with E-state index in [4.69, 9.17) is 0 Å². The van der Waals surface area contributed by atoms with Crippen molar-refractivity contribution in [1.82, 2.24) is 4.90 Å². The van der Waals surface area contributed by atoms with Gasteiger partial charge in [0.05, 0.1) is 11.0 Å². The van der Waals surface area contributed by atoms with Crippen LogP contribution in [0.1, 0.15) is 30.4 Å². The second-order valence-electron chi connectivity index (χ2n) is 8.00. The molecule has 2 amide bonds. The summed E-state index contributed by atoms with van der Waals surface area (Å²) in [6, 6.07) is 18.6. The van der Waals surface area contributed by atoms with E-state index in [0.717, 1.165) is 50.9 Å². The molecule has 5 heteroatoms. The number of fused-ring (bicyclic) bond motifs is 1. The van der Waals surface area contributed by atoms with Gasteiger partial charge >= 0.3 is 0 Å². The first-order valence-corrected chi connectivity index (χ1v) is 11.6. The zero-order chi connectivity index (χ0) is 20.1. The van der Waals surface area contributed by atoms with Crippen molar-refractivity contribution in [3.05, 3.63) is 65.7 Å². The Kier molecular flexibility index (Phi) is 6.55. The van der Waals surface area contributed by atoms with Gasteiger partial charge in [-0.3, -0.25) is 9.59 Å². The maximum Gasteiger partial charge on any atom is 0.237 e. The van der Waals surface area contributed by atoms with E-state index < -0.39 is 0 Å². The molecule has 152 valence electrons. The molecule has 1 N–H and O–H groups in total. The lowest BCUT2D eigenvalue weighted by molar-refractivity contribution is -0.129. The van der Waals surface area contributed by atoms with Gasteiger partial charge in [0.1, 0.15) is 0 Å². The number of benzene rings is 2. The molecule has 2 aromatic carbocycles. The Hall–Kier alpha value is -2.27. The van der Waals surface area contributed by atoms with Gasteiger partial charge in [-0.1, -0.05) is 48.5 Å². The lowest BCUT2D eigenvalue weighted by Gasteiger charge is -2.32. The number of hydrogen-bond donors (Lipinski definition) is 1. The molecule has 2 aromatic rings. The number of hydrogen-bond acceptors (Lipinski definition) is 3. The summed E-state index contributed by atoms with van der Waals surface area (Å²) in [6.07, 6.45) is 4.86. The van der Waals surface area contributed by atoms with Crippen LogP contribution in [0, 0.1) is 5.92 Å². The van der Waals surface area contributed by atoms with Crippen LogP contribution < -0.4 is 5.32 Å². The Balaban J connectivity index is 1.23. The summed E-state index contributed by atoms with van der Waals surface area (Å²) in [5.41, 5.74) is 3.47. The van der Waals surface area contributed by atoms with Crippen LogP contribution in [0.3, 0.4) is 0 Å². The number of piperidine rings is 1. The number of likely N-dealkylation sites (tertiary alicyclic amines) is 1. The van der Waals surface area contributed by atoms with Crippen molar-refractivity contribution in [1.29, 1.82) is 0 Å². The average Bonchev–Trinajstić information content (AvgIpc) is 2.91. The molecule has 1 atom stereocenters. The van der Waals surface area contributed by atoms with Gasteiger partial charge in [-0.2, -0.15) is 0 Å². The molecular weight excluding hydrogens is 380 g/mol. The summed E-state index contributed by atoms with van der Waals surface area (Å²) in [7, 11) is 0.